The van der Waals surface area contributed by atoms with E-state index in [1.807, 2.05) is 24.3 Å². The molecule has 5 rings (SSSR count). The molecule has 0 bridgehead atoms. The fourth-order valence-corrected chi connectivity index (χ4v) is 4.23. The molecular formula is C24H22N6O3. The van der Waals surface area contributed by atoms with Crippen molar-refractivity contribution >= 4 is 22.8 Å². The third kappa shape index (κ3) is 4.06. The first-order valence-electron chi connectivity index (χ1n) is 10.7. The van der Waals surface area contributed by atoms with E-state index in [1.165, 1.54) is 6.20 Å². The number of aliphatic hydroxyl groups excluding tert-OH is 1. The van der Waals surface area contributed by atoms with Crippen LogP contribution in [0, 0.1) is 0 Å². The van der Waals surface area contributed by atoms with Gasteiger partial charge in [0.2, 0.25) is 0 Å². The number of pyridine rings is 1. The van der Waals surface area contributed by atoms with Crippen molar-refractivity contribution in [3.05, 3.63) is 89.2 Å². The lowest BCUT2D eigenvalue weighted by molar-refractivity contribution is -0.140. The van der Waals surface area contributed by atoms with Crippen molar-refractivity contribution in [2.75, 3.05) is 13.1 Å². The van der Waals surface area contributed by atoms with Gasteiger partial charge >= 0.3 is 0 Å². The third-order valence-electron chi connectivity index (χ3n) is 5.93. The van der Waals surface area contributed by atoms with Gasteiger partial charge in [-0.2, -0.15) is 15.4 Å². The minimum atomic E-state index is -1.32. The first-order chi connectivity index (χ1) is 16.1. The Hall–Kier alpha value is -4.11. The van der Waals surface area contributed by atoms with Crippen LogP contribution in [0.3, 0.4) is 0 Å². The van der Waals surface area contributed by atoms with Gasteiger partial charge in [0.15, 0.2) is 6.10 Å². The molecule has 0 radical (unpaired) electrons. The lowest BCUT2D eigenvalue weighted by atomic mass is 9.99. The summed E-state index contributed by atoms with van der Waals surface area (Å²) in [5, 5.41) is 24.4. The molecule has 3 N–H and O–H groups in total. The Balaban J connectivity index is 1.43. The topological polar surface area (TPSA) is 124 Å². The number of nitrogens with zero attached hydrogens (tertiary/aromatic N) is 4. The van der Waals surface area contributed by atoms with Crippen LogP contribution >= 0.6 is 0 Å². The summed E-state index contributed by atoms with van der Waals surface area (Å²) < 4.78 is 0. The highest BCUT2D eigenvalue weighted by Crippen LogP contribution is 2.27. The van der Waals surface area contributed by atoms with Crippen LogP contribution in [0.4, 0.5) is 0 Å². The van der Waals surface area contributed by atoms with Crippen molar-refractivity contribution in [1.29, 1.82) is 0 Å². The van der Waals surface area contributed by atoms with Gasteiger partial charge in [0.05, 0.1) is 11.6 Å². The summed E-state index contributed by atoms with van der Waals surface area (Å²) in [7, 11) is 0. The Bertz CT molecular complexity index is 1310. The van der Waals surface area contributed by atoms with E-state index in [0.717, 1.165) is 11.1 Å². The molecule has 4 aromatic rings. The van der Waals surface area contributed by atoms with Gasteiger partial charge in [-0.3, -0.25) is 14.6 Å². The van der Waals surface area contributed by atoms with Crippen LogP contribution in [0.15, 0.2) is 67.0 Å². The number of para-hydroxylation sites is 1. The number of H-pyrrole nitrogens is 1. The van der Waals surface area contributed by atoms with Gasteiger partial charge in [-0.15, -0.1) is 0 Å². The molecular weight excluding hydrogens is 420 g/mol. The van der Waals surface area contributed by atoms with Crippen molar-refractivity contribution in [3.63, 3.8) is 0 Å². The number of carbonyl (C=O) groups excluding carboxylic acids is 2. The normalized spacial score (nSPS) is 16.6. The van der Waals surface area contributed by atoms with Crippen LogP contribution in [-0.2, 0) is 11.2 Å². The van der Waals surface area contributed by atoms with Gasteiger partial charge in [-0.25, -0.2) is 0 Å². The molecule has 0 aliphatic carbocycles. The summed E-state index contributed by atoms with van der Waals surface area (Å²) in [4.78, 5) is 32.0. The number of fused-ring (bicyclic) bond motifs is 2. The van der Waals surface area contributed by atoms with E-state index in [2.05, 4.69) is 25.7 Å². The van der Waals surface area contributed by atoms with Crippen LogP contribution in [0.1, 0.15) is 39.2 Å². The molecule has 0 fully saturated rings. The quantitative estimate of drug-likeness (QED) is 0.444. The molecule has 3 heterocycles. The monoisotopic (exact) mass is 442 g/mol. The molecule has 33 heavy (non-hydrogen) atoms. The average molecular weight is 442 g/mol. The summed E-state index contributed by atoms with van der Waals surface area (Å²) >= 11 is 0. The Morgan fingerprint density at radius 3 is 2.82 bits per heavy atom. The second-order valence-corrected chi connectivity index (χ2v) is 7.94. The molecule has 2 aromatic heterocycles. The van der Waals surface area contributed by atoms with Crippen molar-refractivity contribution in [3.8, 4) is 0 Å². The second-order valence-electron chi connectivity index (χ2n) is 7.94. The number of benzene rings is 2. The van der Waals surface area contributed by atoms with Gasteiger partial charge < -0.3 is 15.3 Å². The Kier molecular flexibility index (Phi) is 5.54. The van der Waals surface area contributed by atoms with Crippen LogP contribution in [-0.4, -0.2) is 55.3 Å². The van der Waals surface area contributed by atoms with E-state index in [9.17, 15) is 14.7 Å². The van der Waals surface area contributed by atoms with E-state index in [-0.39, 0.29) is 12.5 Å². The predicted octanol–water partition coefficient (Wildman–Crippen LogP) is 1.94. The highest BCUT2D eigenvalue weighted by Gasteiger charge is 2.31. The largest absolute Gasteiger partial charge is 0.378 e. The molecule has 2 atom stereocenters. The van der Waals surface area contributed by atoms with Gasteiger partial charge in [0.25, 0.3) is 11.8 Å². The van der Waals surface area contributed by atoms with E-state index in [4.69, 9.17) is 0 Å². The zero-order valence-corrected chi connectivity index (χ0v) is 17.7. The number of aliphatic hydroxyl groups is 1. The number of aromatic nitrogens is 4. The lowest BCUT2D eigenvalue weighted by Gasteiger charge is -2.27. The molecule has 2 aromatic carbocycles. The highest BCUT2D eigenvalue weighted by molar-refractivity contribution is 6.04. The van der Waals surface area contributed by atoms with Crippen molar-refractivity contribution in [1.82, 2.24) is 30.6 Å². The van der Waals surface area contributed by atoms with Crippen molar-refractivity contribution in [2.24, 2.45) is 0 Å². The Morgan fingerprint density at radius 2 is 1.97 bits per heavy atom. The molecule has 0 spiro atoms. The van der Waals surface area contributed by atoms with E-state index >= 15 is 0 Å². The number of rotatable bonds is 4. The maximum Gasteiger partial charge on any atom is 0.256 e. The minimum Gasteiger partial charge on any atom is -0.378 e. The van der Waals surface area contributed by atoms with Gasteiger partial charge in [0, 0.05) is 31.0 Å². The third-order valence-corrected chi connectivity index (χ3v) is 5.93. The molecule has 166 valence electrons. The Labute approximate surface area is 189 Å². The molecule has 2 amide bonds. The minimum absolute atomic E-state index is 0.230. The van der Waals surface area contributed by atoms with Gasteiger partial charge in [-0.05, 0) is 35.7 Å². The van der Waals surface area contributed by atoms with Crippen LogP contribution in [0.2, 0.25) is 0 Å². The fourth-order valence-electron chi connectivity index (χ4n) is 4.23. The lowest BCUT2D eigenvalue weighted by Crippen LogP contribution is -2.42. The van der Waals surface area contributed by atoms with Crippen molar-refractivity contribution < 1.29 is 14.7 Å². The SMILES string of the molecule is O=C(NC1CN(C(=O)C(O)c2cccnc2)CCc2ccccc21)c1cccc2n[nH]nc12. The molecule has 1 aliphatic heterocycles. The number of carbonyl (C=O) groups is 2. The van der Waals surface area contributed by atoms with E-state index in [0.29, 0.717) is 35.1 Å². The van der Waals surface area contributed by atoms with Crippen LogP contribution < -0.4 is 5.32 Å². The van der Waals surface area contributed by atoms with Crippen LogP contribution in [0.25, 0.3) is 11.0 Å². The number of amides is 2. The summed E-state index contributed by atoms with van der Waals surface area (Å²) in [6.45, 7) is 0.659. The molecule has 0 saturated heterocycles. The summed E-state index contributed by atoms with van der Waals surface area (Å²) in [5.74, 6) is -0.731. The summed E-state index contributed by atoms with van der Waals surface area (Å²) in [5.41, 5.74) is 3.91. The summed E-state index contributed by atoms with van der Waals surface area (Å²) in [6, 6.07) is 15.9. The predicted molar refractivity (Wildman–Crippen MR) is 120 cm³/mol. The fraction of sp³-hybridized carbons (Fsp3) is 0.208. The first-order valence-corrected chi connectivity index (χ1v) is 10.7. The maximum atomic E-state index is 13.2. The summed E-state index contributed by atoms with van der Waals surface area (Å²) in [6.07, 6.45) is 2.37. The molecule has 1 aliphatic rings. The number of hydrogen-bond donors (Lipinski definition) is 3. The van der Waals surface area contributed by atoms with Gasteiger partial charge in [0.1, 0.15) is 11.0 Å². The second kappa shape index (κ2) is 8.79. The average Bonchev–Trinajstić information content (AvgIpc) is 3.27. The zero-order valence-electron chi connectivity index (χ0n) is 17.7. The van der Waals surface area contributed by atoms with E-state index < -0.39 is 18.1 Å². The highest BCUT2D eigenvalue weighted by atomic mass is 16.3. The van der Waals surface area contributed by atoms with E-state index in [1.54, 1.807) is 41.4 Å². The van der Waals surface area contributed by atoms with Crippen molar-refractivity contribution in [2.45, 2.75) is 18.6 Å². The molecule has 0 saturated carbocycles. The number of hydrogen-bond acceptors (Lipinski definition) is 6. The zero-order chi connectivity index (χ0) is 22.8. The first kappa shape index (κ1) is 20.8. The van der Waals surface area contributed by atoms with Crippen LogP contribution in [0.5, 0.6) is 0 Å². The standard InChI is InChI=1S/C24H22N6O3/c31-22(16-6-4-11-25-13-16)24(33)30-12-10-15-5-1-2-7-17(15)20(14-30)26-23(32)18-8-3-9-19-21(18)28-29-27-19/h1-9,11,13,20,22,31H,10,12,14H2,(H,26,32)(H,27,28,29). The Morgan fingerprint density at radius 1 is 1.09 bits per heavy atom. The number of aromatic amines is 1. The molecule has 9 heteroatoms. The molecule has 9 nitrogen and oxygen atoms in total. The maximum absolute atomic E-state index is 13.2. The number of nitrogens with one attached hydrogen (secondary N) is 2. The smallest absolute Gasteiger partial charge is 0.256 e. The molecule has 2 unspecified atom stereocenters. The van der Waals surface area contributed by atoms with Gasteiger partial charge in [-0.1, -0.05) is 36.4 Å².